The van der Waals surface area contributed by atoms with Crippen LogP contribution in [0.1, 0.15) is 32.8 Å². The third kappa shape index (κ3) is 4.07. The third-order valence-electron chi connectivity index (χ3n) is 4.97. The van der Waals surface area contributed by atoms with Crippen molar-refractivity contribution in [1.82, 2.24) is 0 Å². The molecule has 0 saturated carbocycles. The topological polar surface area (TPSA) is 59.9 Å². The first-order chi connectivity index (χ1) is 14.6. The van der Waals surface area contributed by atoms with Crippen molar-refractivity contribution in [1.29, 1.82) is 0 Å². The molecule has 1 amide bonds. The Kier molecular flexibility index (Phi) is 5.81. The van der Waals surface area contributed by atoms with Crippen molar-refractivity contribution in [3.8, 4) is 11.5 Å². The van der Waals surface area contributed by atoms with Gasteiger partial charge in [-0.3, -0.25) is 4.79 Å². The predicted octanol–water partition coefficient (Wildman–Crippen LogP) is 5.40. The Morgan fingerprint density at radius 1 is 1.17 bits per heavy atom. The van der Waals surface area contributed by atoms with Crippen LogP contribution in [0.25, 0.3) is 0 Å². The van der Waals surface area contributed by atoms with Crippen molar-refractivity contribution in [2.75, 3.05) is 19.5 Å². The molecule has 1 heterocycles. The van der Waals surface area contributed by atoms with Crippen LogP contribution in [0.4, 0.5) is 15.1 Å². The quantitative estimate of drug-likeness (QED) is 0.539. The molecule has 3 aromatic rings. The number of carbonyl (C=O) groups is 1. The molecule has 0 bridgehead atoms. The number of rotatable bonds is 6. The van der Waals surface area contributed by atoms with E-state index in [-0.39, 0.29) is 11.7 Å². The fraction of sp³-hybridized carbons (Fsp3) is 0.217. The number of aryl methyl sites for hydroxylation is 1. The summed E-state index contributed by atoms with van der Waals surface area (Å²) in [5.74, 6) is 0.600. The number of amides is 1. The highest BCUT2D eigenvalue weighted by Gasteiger charge is 2.27. The molecule has 0 radical (unpaired) electrons. The van der Waals surface area contributed by atoms with Crippen molar-refractivity contribution in [2.24, 2.45) is 4.99 Å². The zero-order valence-electron chi connectivity index (χ0n) is 16.7. The monoisotopic (exact) mass is 424 g/mol. The average molecular weight is 424 g/mol. The molecule has 1 aromatic heterocycles. The molecule has 7 heteroatoms. The lowest BCUT2D eigenvalue weighted by Gasteiger charge is -2.12. The Morgan fingerprint density at radius 3 is 2.80 bits per heavy atom. The van der Waals surface area contributed by atoms with E-state index in [1.165, 1.54) is 28.3 Å². The third-order valence-corrected chi connectivity index (χ3v) is 6.17. The van der Waals surface area contributed by atoms with Gasteiger partial charge in [-0.25, -0.2) is 9.38 Å². The second kappa shape index (κ2) is 8.67. The van der Waals surface area contributed by atoms with Crippen LogP contribution in [0, 0.1) is 5.82 Å². The Hall–Kier alpha value is -3.19. The largest absolute Gasteiger partial charge is 0.497 e. The van der Waals surface area contributed by atoms with Gasteiger partial charge in [0.25, 0.3) is 5.91 Å². The second-order valence-corrected chi connectivity index (χ2v) is 7.95. The summed E-state index contributed by atoms with van der Waals surface area (Å²) in [5, 5.41) is 3.58. The summed E-state index contributed by atoms with van der Waals surface area (Å²) in [6.07, 6.45) is 4.42. The SMILES string of the molecule is COc1ccc(NC(=O)c2c(N=Cc3cccc(F)c3)sc3c2CCC3)c(OC)c1. The maximum Gasteiger partial charge on any atom is 0.259 e. The summed E-state index contributed by atoms with van der Waals surface area (Å²) in [5.41, 5.74) is 2.84. The van der Waals surface area contributed by atoms with Gasteiger partial charge in [0.1, 0.15) is 22.3 Å². The van der Waals surface area contributed by atoms with Crippen LogP contribution in [-0.2, 0) is 12.8 Å². The van der Waals surface area contributed by atoms with Gasteiger partial charge in [0.15, 0.2) is 0 Å². The Bertz CT molecular complexity index is 1120. The molecule has 30 heavy (non-hydrogen) atoms. The van der Waals surface area contributed by atoms with E-state index >= 15 is 0 Å². The number of halogens is 1. The normalized spacial score (nSPS) is 12.8. The number of benzene rings is 2. The lowest BCUT2D eigenvalue weighted by molar-refractivity contribution is 0.102. The minimum Gasteiger partial charge on any atom is -0.497 e. The highest BCUT2D eigenvalue weighted by Crippen LogP contribution is 2.41. The lowest BCUT2D eigenvalue weighted by Crippen LogP contribution is -2.14. The van der Waals surface area contributed by atoms with Crippen LogP contribution in [0.5, 0.6) is 11.5 Å². The van der Waals surface area contributed by atoms with Gasteiger partial charge in [0, 0.05) is 17.2 Å². The zero-order valence-corrected chi connectivity index (χ0v) is 17.5. The Balaban J connectivity index is 1.66. The predicted molar refractivity (Wildman–Crippen MR) is 117 cm³/mol. The van der Waals surface area contributed by atoms with Gasteiger partial charge in [-0.15, -0.1) is 11.3 Å². The van der Waals surface area contributed by atoms with Gasteiger partial charge in [0.2, 0.25) is 0 Å². The number of aliphatic imine (C=N–C) groups is 1. The van der Waals surface area contributed by atoms with Crippen LogP contribution in [0.3, 0.4) is 0 Å². The maximum absolute atomic E-state index is 13.5. The molecule has 1 N–H and O–H groups in total. The molecule has 154 valence electrons. The van der Waals surface area contributed by atoms with Crippen molar-refractivity contribution in [3.05, 3.63) is 69.8 Å². The molecule has 2 aromatic carbocycles. The summed E-state index contributed by atoms with van der Waals surface area (Å²) < 4.78 is 24.1. The van der Waals surface area contributed by atoms with E-state index in [0.717, 1.165) is 24.8 Å². The van der Waals surface area contributed by atoms with Gasteiger partial charge in [0.05, 0.1) is 25.5 Å². The number of nitrogens with zero attached hydrogens (tertiary/aromatic N) is 1. The number of nitrogens with one attached hydrogen (secondary N) is 1. The van der Waals surface area contributed by atoms with Crippen LogP contribution >= 0.6 is 11.3 Å². The molecule has 0 unspecified atom stereocenters. The van der Waals surface area contributed by atoms with Gasteiger partial charge >= 0.3 is 0 Å². The van der Waals surface area contributed by atoms with Crippen molar-refractivity contribution in [3.63, 3.8) is 0 Å². The average Bonchev–Trinajstić information content (AvgIpc) is 3.33. The molecule has 0 atom stereocenters. The van der Waals surface area contributed by atoms with E-state index in [9.17, 15) is 9.18 Å². The summed E-state index contributed by atoms with van der Waals surface area (Å²) in [6.45, 7) is 0. The van der Waals surface area contributed by atoms with Crippen LogP contribution in [-0.4, -0.2) is 26.3 Å². The first-order valence-electron chi connectivity index (χ1n) is 9.56. The lowest BCUT2D eigenvalue weighted by atomic mass is 10.1. The maximum atomic E-state index is 13.5. The summed E-state index contributed by atoms with van der Waals surface area (Å²) in [6, 6.07) is 11.4. The van der Waals surface area contributed by atoms with E-state index in [2.05, 4.69) is 10.3 Å². The fourth-order valence-corrected chi connectivity index (χ4v) is 4.75. The molecule has 0 spiro atoms. The number of hydrogen-bond acceptors (Lipinski definition) is 5. The van der Waals surface area contributed by atoms with Crippen LogP contribution in [0.2, 0.25) is 0 Å². The first kappa shape index (κ1) is 20.1. The fourth-order valence-electron chi connectivity index (χ4n) is 3.52. The van der Waals surface area contributed by atoms with Gasteiger partial charge in [-0.05, 0) is 54.7 Å². The molecular weight excluding hydrogens is 403 g/mol. The van der Waals surface area contributed by atoms with E-state index in [0.29, 0.717) is 33.3 Å². The number of thiophene rings is 1. The summed E-state index contributed by atoms with van der Waals surface area (Å²) in [4.78, 5) is 18.9. The number of ether oxygens (including phenoxy) is 2. The zero-order chi connectivity index (χ0) is 21.1. The summed E-state index contributed by atoms with van der Waals surface area (Å²) in [7, 11) is 3.12. The van der Waals surface area contributed by atoms with Crippen molar-refractivity contribution >= 4 is 34.1 Å². The van der Waals surface area contributed by atoms with E-state index in [1.807, 2.05) is 0 Å². The molecule has 0 aliphatic heterocycles. The number of methoxy groups -OCH3 is 2. The molecular formula is C23H21FN2O3S. The first-order valence-corrected chi connectivity index (χ1v) is 10.4. The molecule has 1 aliphatic rings. The number of hydrogen-bond donors (Lipinski definition) is 1. The van der Waals surface area contributed by atoms with Gasteiger partial charge in [-0.2, -0.15) is 0 Å². The summed E-state index contributed by atoms with van der Waals surface area (Å²) >= 11 is 1.52. The van der Waals surface area contributed by atoms with Crippen molar-refractivity contribution < 1.29 is 18.7 Å². The van der Waals surface area contributed by atoms with Gasteiger partial charge < -0.3 is 14.8 Å². The molecule has 5 nitrogen and oxygen atoms in total. The molecule has 0 fully saturated rings. The Morgan fingerprint density at radius 2 is 2.03 bits per heavy atom. The number of carbonyl (C=O) groups excluding carboxylic acids is 1. The van der Waals surface area contributed by atoms with Crippen LogP contribution in [0.15, 0.2) is 47.5 Å². The van der Waals surface area contributed by atoms with E-state index < -0.39 is 0 Å². The molecule has 0 saturated heterocycles. The second-order valence-electron chi connectivity index (χ2n) is 6.87. The standard InChI is InChI=1S/C23H21FN2O3S/c1-28-16-9-10-18(19(12-16)29-2)26-22(27)21-17-7-4-8-20(17)30-23(21)25-13-14-5-3-6-15(24)11-14/h3,5-6,9-13H,4,7-8H2,1-2H3,(H,26,27). The highest BCUT2D eigenvalue weighted by molar-refractivity contribution is 7.16. The van der Waals surface area contributed by atoms with E-state index in [1.54, 1.807) is 50.8 Å². The van der Waals surface area contributed by atoms with Gasteiger partial charge in [-0.1, -0.05) is 12.1 Å². The highest BCUT2D eigenvalue weighted by atomic mass is 32.1. The molecule has 4 rings (SSSR count). The number of anilines is 1. The van der Waals surface area contributed by atoms with E-state index in [4.69, 9.17) is 9.47 Å². The minimum absolute atomic E-state index is 0.232. The van der Waals surface area contributed by atoms with Crippen molar-refractivity contribution in [2.45, 2.75) is 19.3 Å². The smallest absolute Gasteiger partial charge is 0.259 e. The van der Waals surface area contributed by atoms with Crippen LogP contribution < -0.4 is 14.8 Å². The minimum atomic E-state index is -0.322. The Labute approximate surface area is 178 Å². The molecule has 1 aliphatic carbocycles. The number of fused-ring (bicyclic) bond motifs is 1.